The van der Waals surface area contributed by atoms with Crippen LogP contribution in [0.15, 0.2) is 23.3 Å². The van der Waals surface area contributed by atoms with E-state index in [1.165, 1.54) is 7.05 Å². The number of rotatable bonds is 6. The minimum absolute atomic E-state index is 0.0148. The van der Waals surface area contributed by atoms with Crippen LogP contribution in [0.25, 0.3) is 0 Å². The summed E-state index contributed by atoms with van der Waals surface area (Å²) in [6, 6.07) is 2.80. The summed E-state index contributed by atoms with van der Waals surface area (Å²) >= 11 is 0. The topological polar surface area (TPSA) is 117 Å². The van der Waals surface area contributed by atoms with E-state index in [9.17, 15) is 28.0 Å². The molecule has 27 heavy (non-hydrogen) atoms. The normalized spacial score (nSPS) is 13.7. The third kappa shape index (κ3) is 5.83. The number of hydrazone groups is 1. The van der Waals surface area contributed by atoms with Crippen LogP contribution < -0.4 is 10.6 Å². The zero-order chi connectivity index (χ0) is 20.0. The van der Waals surface area contributed by atoms with Crippen molar-refractivity contribution in [3.8, 4) is 0 Å². The average Bonchev–Trinajstić information content (AvgIpc) is 2.63. The highest BCUT2D eigenvalue weighted by Crippen LogP contribution is 2.12. The number of esters is 1. The highest BCUT2D eigenvalue weighted by atomic mass is 19.2. The lowest BCUT2D eigenvalue weighted by Gasteiger charge is -2.18. The quantitative estimate of drug-likeness (QED) is 0.681. The van der Waals surface area contributed by atoms with E-state index in [4.69, 9.17) is 4.74 Å². The second-order valence-corrected chi connectivity index (χ2v) is 5.49. The number of benzene rings is 1. The maximum Gasteiger partial charge on any atom is 0.355 e. The van der Waals surface area contributed by atoms with E-state index >= 15 is 0 Å². The zero-order valence-electron chi connectivity index (χ0n) is 14.3. The van der Waals surface area contributed by atoms with Crippen molar-refractivity contribution in [2.75, 3.05) is 25.5 Å². The summed E-state index contributed by atoms with van der Waals surface area (Å²) in [6.07, 6.45) is 0.223. The average molecular weight is 382 g/mol. The predicted molar refractivity (Wildman–Crippen MR) is 88.4 cm³/mol. The second kappa shape index (κ2) is 8.83. The van der Waals surface area contributed by atoms with E-state index in [0.29, 0.717) is 0 Å². The standard InChI is InChI=1S/C16H16F2N4O5/c1-22-15(25)5-4-12(21-22)16(26)27-8-14(24)19-7-13(23)20-9-2-3-10(17)11(18)6-9/h2-3,6H,4-5,7-8H2,1H3,(H,19,24)(H,20,23). The Morgan fingerprint density at radius 1 is 1.19 bits per heavy atom. The molecule has 0 atom stereocenters. The molecule has 144 valence electrons. The van der Waals surface area contributed by atoms with Crippen LogP contribution in [0.1, 0.15) is 12.8 Å². The van der Waals surface area contributed by atoms with E-state index in [1.807, 2.05) is 0 Å². The first-order valence-corrected chi connectivity index (χ1v) is 7.79. The van der Waals surface area contributed by atoms with Crippen molar-refractivity contribution < 1.29 is 32.7 Å². The molecule has 2 N–H and O–H groups in total. The highest BCUT2D eigenvalue weighted by molar-refractivity contribution is 6.37. The van der Waals surface area contributed by atoms with Crippen molar-refractivity contribution in [2.24, 2.45) is 5.10 Å². The Bertz CT molecular complexity index is 812. The number of anilines is 1. The van der Waals surface area contributed by atoms with Gasteiger partial charge in [0.05, 0.1) is 6.54 Å². The van der Waals surface area contributed by atoms with Crippen molar-refractivity contribution in [2.45, 2.75) is 12.8 Å². The molecular weight excluding hydrogens is 366 g/mol. The molecule has 3 amide bonds. The molecule has 0 aromatic heterocycles. The van der Waals surface area contributed by atoms with E-state index in [-0.39, 0.29) is 30.1 Å². The number of amides is 3. The van der Waals surface area contributed by atoms with Crippen LogP contribution >= 0.6 is 0 Å². The molecule has 0 aliphatic carbocycles. The Labute approximate surface area is 152 Å². The molecule has 0 fully saturated rings. The maximum absolute atomic E-state index is 13.0. The lowest BCUT2D eigenvalue weighted by molar-refractivity contribution is -0.142. The summed E-state index contributed by atoms with van der Waals surface area (Å²) in [7, 11) is 1.40. The molecule has 2 rings (SSSR count). The van der Waals surface area contributed by atoms with Gasteiger partial charge in [-0.15, -0.1) is 0 Å². The minimum atomic E-state index is -1.12. The van der Waals surface area contributed by atoms with Gasteiger partial charge in [0, 0.05) is 31.6 Å². The fourth-order valence-corrected chi connectivity index (χ4v) is 2.04. The first-order valence-electron chi connectivity index (χ1n) is 7.79. The van der Waals surface area contributed by atoms with Crippen molar-refractivity contribution in [3.05, 3.63) is 29.8 Å². The molecule has 0 saturated heterocycles. The smallest absolute Gasteiger partial charge is 0.355 e. The van der Waals surface area contributed by atoms with E-state index in [1.54, 1.807) is 0 Å². The SMILES string of the molecule is CN1N=C(C(=O)OCC(=O)NCC(=O)Nc2ccc(F)c(F)c2)CCC1=O. The summed E-state index contributed by atoms with van der Waals surface area (Å²) in [5.41, 5.74) is 0.0366. The van der Waals surface area contributed by atoms with Gasteiger partial charge in [0.1, 0.15) is 5.71 Å². The van der Waals surface area contributed by atoms with Gasteiger partial charge in [0.25, 0.3) is 5.91 Å². The van der Waals surface area contributed by atoms with Gasteiger partial charge in [-0.05, 0) is 12.1 Å². The van der Waals surface area contributed by atoms with Crippen LogP contribution in [-0.2, 0) is 23.9 Å². The number of carbonyl (C=O) groups excluding carboxylic acids is 4. The number of halogens is 2. The molecule has 1 aromatic carbocycles. The molecule has 1 aliphatic heterocycles. The number of nitrogens with one attached hydrogen (secondary N) is 2. The Balaban J connectivity index is 1.73. The van der Waals surface area contributed by atoms with E-state index in [0.717, 1.165) is 23.2 Å². The highest BCUT2D eigenvalue weighted by Gasteiger charge is 2.23. The number of ether oxygens (including phenoxy) is 1. The van der Waals surface area contributed by atoms with Gasteiger partial charge in [-0.2, -0.15) is 5.10 Å². The Kier molecular flexibility index (Phi) is 6.52. The Morgan fingerprint density at radius 3 is 2.59 bits per heavy atom. The van der Waals surface area contributed by atoms with Gasteiger partial charge in [-0.1, -0.05) is 0 Å². The molecule has 0 unspecified atom stereocenters. The first-order chi connectivity index (χ1) is 12.8. The first kappa shape index (κ1) is 19.9. The van der Waals surface area contributed by atoms with E-state index in [2.05, 4.69) is 15.7 Å². The molecule has 0 spiro atoms. The van der Waals surface area contributed by atoms with Gasteiger partial charge >= 0.3 is 5.97 Å². The summed E-state index contributed by atoms with van der Waals surface area (Å²) in [6.45, 7) is -1.11. The van der Waals surface area contributed by atoms with E-state index < -0.39 is 42.6 Å². The fraction of sp³-hybridized carbons (Fsp3) is 0.312. The van der Waals surface area contributed by atoms with Crippen LogP contribution in [0, 0.1) is 11.6 Å². The maximum atomic E-state index is 13.0. The summed E-state index contributed by atoms with van der Waals surface area (Å²) in [5.74, 6) is -4.68. The van der Waals surface area contributed by atoms with Crippen LogP contribution in [0.5, 0.6) is 0 Å². The van der Waals surface area contributed by atoms with Crippen molar-refractivity contribution in [1.82, 2.24) is 10.3 Å². The van der Waals surface area contributed by atoms with Gasteiger partial charge < -0.3 is 15.4 Å². The molecule has 1 aromatic rings. The van der Waals surface area contributed by atoms with Gasteiger partial charge in [0.2, 0.25) is 11.8 Å². The third-order valence-corrected chi connectivity index (χ3v) is 3.43. The molecule has 1 aliphatic rings. The van der Waals surface area contributed by atoms with Gasteiger partial charge in [-0.3, -0.25) is 14.4 Å². The number of carbonyl (C=O) groups is 4. The fourth-order valence-electron chi connectivity index (χ4n) is 2.04. The summed E-state index contributed by atoms with van der Waals surface area (Å²) < 4.78 is 30.6. The molecule has 11 heteroatoms. The minimum Gasteiger partial charge on any atom is -0.451 e. The van der Waals surface area contributed by atoms with Gasteiger partial charge in [0.15, 0.2) is 18.2 Å². The summed E-state index contributed by atoms with van der Waals surface area (Å²) in [5, 5.41) is 9.23. The van der Waals surface area contributed by atoms with Crippen LogP contribution in [0.4, 0.5) is 14.5 Å². The molecular formula is C16H16F2N4O5. The van der Waals surface area contributed by atoms with Crippen molar-refractivity contribution in [1.29, 1.82) is 0 Å². The summed E-state index contributed by atoms with van der Waals surface area (Å²) in [4.78, 5) is 46.3. The Hall–Kier alpha value is -3.37. The molecule has 9 nitrogen and oxygen atoms in total. The van der Waals surface area contributed by atoms with Crippen molar-refractivity contribution >= 4 is 35.1 Å². The predicted octanol–water partition coefficient (Wildman–Crippen LogP) is 0.171. The third-order valence-electron chi connectivity index (χ3n) is 3.43. The van der Waals surface area contributed by atoms with Crippen molar-refractivity contribution in [3.63, 3.8) is 0 Å². The van der Waals surface area contributed by atoms with Crippen LogP contribution in [0.3, 0.4) is 0 Å². The number of hydrogen-bond acceptors (Lipinski definition) is 6. The van der Waals surface area contributed by atoms with Crippen LogP contribution in [0.2, 0.25) is 0 Å². The number of hydrogen-bond donors (Lipinski definition) is 2. The van der Waals surface area contributed by atoms with Crippen LogP contribution in [-0.4, -0.2) is 54.6 Å². The second-order valence-electron chi connectivity index (χ2n) is 5.49. The molecule has 0 saturated carbocycles. The van der Waals surface area contributed by atoms with Gasteiger partial charge in [-0.25, -0.2) is 18.6 Å². The zero-order valence-corrected chi connectivity index (χ0v) is 14.3. The Morgan fingerprint density at radius 2 is 1.93 bits per heavy atom. The monoisotopic (exact) mass is 382 g/mol. The molecule has 1 heterocycles. The lowest BCUT2D eigenvalue weighted by atomic mass is 10.2. The molecule has 0 radical (unpaired) electrons. The lowest BCUT2D eigenvalue weighted by Crippen LogP contribution is -2.37. The molecule has 0 bridgehead atoms. The largest absolute Gasteiger partial charge is 0.451 e. The number of nitrogens with zero attached hydrogens (tertiary/aromatic N) is 2.